The van der Waals surface area contributed by atoms with Crippen molar-refractivity contribution in [3.8, 4) is 0 Å². The van der Waals surface area contributed by atoms with Gasteiger partial charge in [0, 0.05) is 56.0 Å². The van der Waals surface area contributed by atoms with Gasteiger partial charge in [0.1, 0.15) is 0 Å². The van der Waals surface area contributed by atoms with Crippen LogP contribution in [0.3, 0.4) is 0 Å². The number of hydrogen-bond acceptors (Lipinski definition) is 5. The Bertz CT molecular complexity index is 608. The van der Waals surface area contributed by atoms with Crippen molar-refractivity contribution in [3.05, 3.63) is 48.0 Å². The van der Waals surface area contributed by atoms with Crippen molar-refractivity contribution in [2.75, 3.05) is 18.0 Å². The minimum Gasteiger partial charge on any atom is -0.341 e. The third-order valence-electron chi connectivity index (χ3n) is 4.82. The van der Waals surface area contributed by atoms with Gasteiger partial charge in [-0.15, -0.1) is 0 Å². The normalized spacial score (nSPS) is 16.0. The van der Waals surface area contributed by atoms with E-state index in [9.17, 15) is 0 Å². The summed E-state index contributed by atoms with van der Waals surface area (Å²) in [4.78, 5) is 15.7. The van der Waals surface area contributed by atoms with Crippen LogP contribution in [0.4, 0.5) is 5.95 Å². The molecule has 134 valence electrons. The van der Waals surface area contributed by atoms with Crippen LogP contribution in [0.25, 0.3) is 0 Å². The number of aromatic nitrogens is 3. The van der Waals surface area contributed by atoms with Crippen molar-refractivity contribution in [3.63, 3.8) is 0 Å². The lowest BCUT2D eigenvalue weighted by molar-refractivity contribution is 0.478. The second kappa shape index (κ2) is 9.47. The first-order chi connectivity index (χ1) is 12.4. The maximum absolute atomic E-state index is 4.58. The van der Waals surface area contributed by atoms with Gasteiger partial charge in [-0.05, 0) is 37.3 Å². The monoisotopic (exact) mass is 339 g/mol. The van der Waals surface area contributed by atoms with Crippen molar-refractivity contribution in [2.24, 2.45) is 0 Å². The van der Waals surface area contributed by atoms with Crippen LogP contribution < -0.4 is 10.2 Å². The maximum Gasteiger partial charge on any atom is 0.225 e. The molecule has 0 bridgehead atoms. The molecule has 25 heavy (non-hydrogen) atoms. The van der Waals surface area contributed by atoms with Crippen LogP contribution in [0, 0.1) is 0 Å². The summed E-state index contributed by atoms with van der Waals surface area (Å²) in [5.74, 6) is 0.873. The standard InChI is InChI=1S/C20H29N5/c1-2-3-9-19(18-8-7-10-21-16-18)22-13-17-14-23-20(24-15-17)25-11-5-4-6-12-25/h7-8,10,14-16,19,22H,2-6,9,11-13H2,1H3. The molecule has 1 N–H and O–H groups in total. The number of hydrogen-bond donors (Lipinski definition) is 1. The molecule has 1 fully saturated rings. The Labute approximate surface area is 150 Å². The van der Waals surface area contributed by atoms with E-state index in [2.05, 4.69) is 38.2 Å². The number of unbranched alkanes of at least 4 members (excludes halogenated alkanes) is 1. The van der Waals surface area contributed by atoms with Gasteiger partial charge in [-0.3, -0.25) is 4.98 Å². The van der Waals surface area contributed by atoms with E-state index in [0.29, 0.717) is 6.04 Å². The summed E-state index contributed by atoms with van der Waals surface area (Å²) in [6.45, 7) is 5.17. The fraction of sp³-hybridized carbons (Fsp3) is 0.550. The lowest BCUT2D eigenvalue weighted by atomic mass is 10.0. The Balaban J connectivity index is 1.58. The largest absolute Gasteiger partial charge is 0.341 e. The van der Waals surface area contributed by atoms with Crippen molar-refractivity contribution in [1.82, 2.24) is 20.3 Å². The van der Waals surface area contributed by atoms with E-state index in [1.807, 2.05) is 30.9 Å². The molecule has 2 aromatic heterocycles. The zero-order chi connectivity index (χ0) is 17.3. The highest BCUT2D eigenvalue weighted by atomic mass is 15.2. The molecule has 3 heterocycles. The van der Waals surface area contributed by atoms with Gasteiger partial charge in [-0.25, -0.2) is 9.97 Å². The van der Waals surface area contributed by atoms with Gasteiger partial charge in [0.15, 0.2) is 0 Å². The predicted octanol–water partition coefficient (Wildman–Crippen LogP) is 3.88. The highest BCUT2D eigenvalue weighted by Crippen LogP contribution is 2.19. The third kappa shape index (κ3) is 5.23. The van der Waals surface area contributed by atoms with Gasteiger partial charge in [0.25, 0.3) is 0 Å². The van der Waals surface area contributed by atoms with Crippen molar-refractivity contribution >= 4 is 5.95 Å². The summed E-state index contributed by atoms with van der Waals surface area (Å²) in [7, 11) is 0. The van der Waals surface area contributed by atoms with Gasteiger partial charge >= 0.3 is 0 Å². The fourth-order valence-electron chi connectivity index (χ4n) is 3.31. The smallest absolute Gasteiger partial charge is 0.225 e. The minimum atomic E-state index is 0.329. The number of nitrogens with zero attached hydrogens (tertiary/aromatic N) is 4. The quantitative estimate of drug-likeness (QED) is 0.791. The van der Waals surface area contributed by atoms with Crippen LogP contribution in [0.5, 0.6) is 0 Å². The lowest BCUT2D eigenvalue weighted by Gasteiger charge is -2.26. The molecule has 0 aromatic carbocycles. The van der Waals surface area contributed by atoms with Crippen LogP contribution in [0.1, 0.15) is 62.6 Å². The zero-order valence-electron chi connectivity index (χ0n) is 15.2. The summed E-state index contributed by atoms with van der Waals surface area (Å²) in [6, 6.07) is 4.48. The average molecular weight is 339 g/mol. The molecule has 1 atom stereocenters. The molecule has 0 spiro atoms. The molecule has 0 aliphatic carbocycles. The van der Waals surface area contributed by atoms with Gasteiger partial charge in [-0.1, -0.05) is 25.8 Å². The molecule has 2 aromatic rings. The minimum absolute atomic E-state index is 0.329. The van der Waals surface area contributed by atoms with E-state index in [1.54, 1.807) is 0 Å². The molecule has 5 heteroatoms. The molecule has 0 radical (unpaired) electrons. The summed E-state index contributed by atoms with van der Waals surface area (Å²) < 4.78 is 0. The SMILES string of the molecule is CCCCC(NCc1cnc(N2CCCCC2)nc1)c1cccnc1. The van der Waals surface area contributed by atoms with Gasteiger partial charge < -0.3 is 10.2 Å². The van der Waals surface area contributed by atoms with Gasteiger partial charge in [0.05, 0.1) is 0 Å². The van der Waals surface area contributed by atoms with E-state index < -0.39 is 0 Å². The third-order valence-corrected chi connectivity index (χ3v) is 4.82. The Morgan fingerprint density at radius 2 is 1.92 bits per heavy atom. The fourth-order valence-corrected chi connectivity index (χ4v) is 3.31. The van der Waals surface area contributed by atoms with Crippen LogP contribution in [-0.2, 0) is 6.54 Å². The summed E-state index contributed by atoms with van der Waals surface area (Å²) in [5.41, 5.74) is 2.38. The Hall–Kier alpha value is -2.01. The highest BCUT2D eigenvalue weighted by Gasteiger charge is 2.14. The Kier molecular flexibility index (Phi) is 6.74. The number of rotatable bonds is 8. The van der Waals surface area contributed by atoms with E-state index in [-0.39, 0.29) is 0 Å². The summed E-state index contributed by atoms with van der Waals surface area (Å²) in [5, 5.41) is 3.65. The van der Waals surface area contributed by atoms with Gasteiger partial charge in [0.2, 0.25) is 5.95 Å². The lowest BCUT2D eigenvalue weighted by Crippen LogP contribution is -2.31. The molecule has 5 nitrogen and oxygen atoms in total. The second-order valence-corrected chi connectivity index (χ2v) is 6.80. The molecule has 1 aliphatic heterocycles. The number of pyridine rings is 1. The van der Waals surface area contributed by atoms with Crippen LogP contribution in [-0.4, -0.2) is 28.0 Å². The first-order valence-corrected chi connectivity index (χ1v) is 9.56. The van der Waals surface area contributed by atoms with E-state index in [1.165, 1.54) is 37.7 Å². The molecule has 0 amide bonds. The average Bonchev–Trinajstić information content (AvgIpc) is 2.70. The van der Waals surface area contributed by atoms with Crippen molar-refractivity contribution in [2.45, 2.75) is 58.0 Å². The molecule has 1 saturated heterocycles. The van der Waals surface area contributed by atoms with E-state index in [0.717, 1.165) is 37.6 Å². The van der Waals surface area contributed by atoms with Crippen LogP contribution in [0.15, 0.2) is 36.9 Å². The topological polar surface area (TPSA) is 53.9 Å². The summed E-state index contributed by atoms with van der Waals surface area (Å²) in [6.07, 6.45) is 15.1. The van der Waals surface area contributed by atoms with Crippen molar-refractivity contribution in [1.29, 1.82) is 0 Å². The Morgan fingerprint density at radius 1 is 1.12 bits per heavy atom. The van der Waals surface area contributed by atoms with E-state index >= 15 is 0 Å². The number of anilines is 1. The first-order valence-electron chi connectivity index (χ1n) is 9.56. The maximum atomic E-state index is 4.58. The molecule has 3 rings (SSSR count). The van der Waals surface area contributed by atoms with Gasteiger partial charge in [-0.2, -0.15) is 0 Å². The molecular weight excluding hydrogens is 310 g/mol. The van der Waals surface area contributed by atoms with Crippen molar-refractivity contribution < 1.29 is 0 Å². The molecular formula is C20H29N5. The molecule has 1 aliphatic rings. The Morgan fingerprint density at radius 3 is 2.60 bits per heavy atom. The highest BCUT2D eigenvalue weighted by molar-refractivity contribution is 5.30. The molecule has 0 saturated carbocycles. The number of piperidine rings is 1. The zero-order valence-corrected chi connectivity index (χ0v) is 15.2. The second-order valence-electron chi connectivity index (χ2n) is 6.80. The first kappa shape index (κ1) is 17.8. The molecule has 1 unspecified atom stereocenters. The van der Waals surface area contributed by atoms with Crippen LogP contribution >= 0.6 is 0 Å². The summed E-state index contributed by atoms with van der Waals surface area (Å²) >= 11 is 0. The van der Waals surface area contributed by atoms with E-state index in [4.69, 9.17) is 0 Å². The predicted molar refractivity (Wildman–Crippen MR) is 101 cm³/mol. The number of nitrogens with one attached hydrogen (secondary N) is 1. The van der Waals surface area contributed by atoms with Crippen LogP contribution in [0.2, 0.25) is 0 Å².